The minimum Gasteiger partial charge on any atom is -0.394 e. The van der Waals surface area contributed by atoms with Crippen molar-refractivity contribution in [1.82, 2.24) is 24.3 Å². The van der Waals surface area contributed by atoms with E-state index in [2.05, 4.69) is 20.4 Å². The summed E-state index contributed by atoms with van der Waals surface area (Å²) in [4.78, 5) is 21.7. The van der Waals surface area contributed by atoms with Crippen LogP contribution in [-0.4, -0.2) is 36.0 Å². The highest BCUT2D eigenvalue weighted by Gasteiger charge is 2.26. The normalized spacial score (nSPS) is 14.2. The van der Waals surface area contributed by atoms with Crippen LogP contribution >= 0.6 is 11.6 Å². The summed E-state index contributed by atoms with van der Waals surface area (Å²) in [5, 5.41) is 17.5. The minimum atomic E-state index is -0.748. The molecule has 2 N–H and O–H groups in total. The Morgan fingerprint density at radius 2 is 2.09 bits per heavy atom. The number of rotatable bonds is 7. The Kier molecular flexibility index (Phi) is 5.89. The molecule has 3 heterocycles. The quantitative estimate of drug-likeness (QED) is 0.410. The molecule has 0 radical (unpaired) electrons. The molecule has 0 aliphatic heterocycles. The molecule has 174 valence electrons. The van der Waals surface area contributed by atoms with Crippen molar-refractivity contribution in [3.05, 3.63) is 87.4 Å². The molecule has 0 unspecified atom stereocenters. The lowest BCUT2D eigenvalue weighted by Crippen LogP contribution is -2.27. The molecule has 5 rings (SSSR count). The third-order valence-corrected chi connectivity index (χ3v) is 6.23. The summed E-state index contributed by atoms with van der Waals surface area (Å²) < 4.78 is 17.3. The number of aromatic nitrogens is 5. The van der Waals surface area contributed by atoms with E-state index < -0.39 is 11.9 Å². The van der Waals surface area contributed by atoms with Gasteiger partial charge in [-0.05, 0) is 49.6 Å². The van der Waals surface area contributed by atoms with Crippen molar-refractivity contribution in [2.45, 2.75) is 31.8 Å². The van der Waals surface area contributed by atoms with Gasteiger partial charge in [0.25, 0.3) is 5.56 Å². The van der Waals surface area contributed by atoms with E-state index in [4.69, 9.17) is 11.6 Å². The molecule has 1 saturated carbocycles. The van der Waals surface area contributed by atoms with Crippen molar-refractivity contribution in [3.8, 4) is 11.3 Å². The van der Waals surface area contributed by atoms with Crippen LogP contribution in [0.5, 0.6) is 0 Å². The molecule has 3 aromatic heterocycles. The van der Waals surface area contributed by atoms with Gasteiger partial charge in [0.1, 0.15) is 5.82 Å². The Hall–Kier alpha value is -3.56. The highest BCUT2D eigenvalue weighted by atomic mass is 35.5. The lowest BCUT2D eigenvalue weighted by Gasteiger charge is -2.18. The Morgan fingerprint density at radius 3 is 2.79 bits per heavy atom. The Balaban J connectivity index is 1.41. The van der Waals surface area contributed by atoms with Gasteiger partial charge < -0.3 is 15.0 Å². The van der Waals surface area contributed by atoms with Crippen LogP contribution in [0.3, 0.4) is 0 Å². The van der Waals surface area contributed by atoms with Crippen LogP contribution in [0, 0.1) is 12.7 Å². The van der Waals surface area contributed by atoms with E-state index in [1.165, 1.54) is 22.8 Å². The van der Waals surface area contributed by atoms with Gasteiger partial charge in [-0.25, -0.2) is 14.4 Å². The molecule has 1 fully saturated rings. The first kappa shape index (κ1) is 22.2. The first-order chi connectivity index (χ1) is 16.4. The van der Waals surface area contributed by atoms with E-state index in [1.54, 1.807) is 36.8 Å². The highest BCUT2D eigenvalue weighted by molar-refractivity contribution is 6.30. The van der Waals surface area contributed by atoms with Gasteiger partial charge in [0, 0.05) is 24.0 Å². The lowest BCUT2D eigenvalue weighted by molar-refractivity contribution is 0.247. The summed E-state index contributed by atoms with van der Waals surface area (Å²) in [7, 11) is 0. The molecule has 0 bridgehead atoms. The second-order valence-electron chi connectivity index (χ2n) is 8.24. The number of hydrogen-bond acceptors (Lipinski definition) is 6. The van der Waals surface area contributed by atoms with Crippen molar-refractivity contribution in [2.24, 2.45) is 0 Å². The number of aliphatic hydroxyl groups is 1. The van der Waals surface area contributed by atoms with Gasteiger partial charge in [-0.2, -0.15) is 5.10 Å². The molecular formula is C24H22ClFN6O2. The Bertz CT molecular complexity index is 1410. The van der Waals surface area contributed by atoms with Gasteiger partial charge in [0.2, 0.25) is 5.95 Å². The number of nitrogens with one attached hydrogen (secondary N) is 1. The number of anilines is 2. The lowest BCUT2D eigenvalue weighted by atomic mass is 10.1. The summed E-state index contributed by atoms with van der Waals surface area (Å²) in [5.41, 5.74) is 3.09. The van der Waals surface area contributed by atoms with Gasteiger partial charge in [0.05, 0.1) is 47.0 Å². The molecule has 0 amide bonds. The van der Waals surface area contributed by atoms with Gasteiger partial charge >= 0.3 is 0 Å². The molecule has 10 heteroatoms. The predicted octanol–water partition coefficient (Wildman–Crippen LogP) is 4.26. The first-order valence-electron chi connectivity index (χ1n) is 10.9. The number of hydrogen-bond donors (Lipinski definition) is 2. The molecule has 1 aliphatic rings. The van der Waals surface area contributed by atoms with Crippen LogP contribution in [0.25, 0.3) is 11.3 Å². The summed E-state index contributed by atoms with van der Waals surface area (Å²) >= 11 is 5.76. The molecular weight excluding hydrogens is 459 g/mol. The van der Waals surface area contributed by atoms with E-state index >= 15 is 0 Å². The fourth-order valence-corrected chi connectivity index (χ4v) is 4.03. The first-order valence-corrected chi connectivity index (χ1v) is 11.2. The predicted molar refractivity (Wildman–Crippen MR) is 127 cm³/mol. The third kappa shape index (κ3) is 4.32. The summed E-state index contributed by atoms with van der Waals surface area (Å²) in [6.07, 6.45) is 7.22. The van der Waals surface area contributed by atoms with Crippen molar-refractivity contribution in [2.75, 3.05) is 11.9 Å². The van der Waals surface area contributed by atoms with E-state index in [9.17, 15) is 14.3 Å². The average Bonchev–Trinajstić information content (AvgIpc) is 3.61. The topological polar surface area (TPSA) is 97.9 Å². The number of pyridine rings is 1. The zero-order chi connectivity index (χ0) is 23.8. The zero-order valence-electron chi connectivity index (χ0n) is 18.3. The highest BCUT2D eigenvalue weighted by Crippen LogP contribution is 2.36. The summed E-state index contributed by atoms with van der Waals surface area (Å²) in [6.45, 7) is 1.62. The van der Waals surface area contributed by atoms with Crippen LogP contribution in [-0.2, 0) is 0 Å². The Labute approximate surface area is 199 Å². The largest absolute Gasteiger partial charge is 0.394 e. The zero-order valence-corrected chi connectivity index (χ0v) is 19.1. The maximum atomic E-state index is 13.9. The fourth-order valence-electron chi connectivity index (χ4n) is 3.91. The van der Waals surface area contributed by atoms with Crippen molar-refractivity contribution < 1.29 is 9.50 Å². The Morgan fingerprint density at radius 1 is 1.26 bits per heavy atom. The van der Waals surface area contributed by atoms with Gasteiger partial charge in [-0.3, -0.25) is 9.48 Å². The van der Waals surface area contributed by atoms with Gasteiger partial charge in [-0.1, -0.05) is 17.7 Å². The van der Waals surface area contributed by atoms with Gasteiger partial charge in [0.15, 0.2) is 0 Å². The maximum Gasteiger partial charge on any atom is 0.251 e. The molecule has 4 aromatic rings. The average molecular weight is 481 g/mol. The number of aliphatic hydroxyl groups excluding tert-OH is 1. The second-order valence-corrected chi connectivity index (χ2v) is 8.65. The van der Waals surface area contributed by atoms with E-state index in [1.807, 2.05) is 11.6 Å². The maximum absolute atomic E-state index is 13.9. The second kappa shape index (κ2) is 9.00. The van der Waals surface area contributed by atoms with E-state index in [0.717, 1.165) is 24.2 Å². The third-order valence-electron chi connectivity index (χ3n) is 5.92. The molecule has 1 aromatic carbocycles. The van der Waals surface area contributed by atoms with E-state index in [-0.39, 0.29) is 17.2 Å². The number of benzene rings is 1. The van der Waals surface area contributed by atoms with Crippen LogP contribution < -0.4 is 10.9 Å². The molecule has 34 heavy (non-hydrogen) atoms. The number of halogens is 2. The van der Waals surface area contributed by atoms with Crippen molar-refractivity contribution >= 4 is 23.2 Å². The molecule has 0 saturated heterocycles. The van der Waals surface area contributed by atoms with Crippen molar-refractivity contribution in [1.29, 1.82) is 0 Å². The molecule has 1 atom stereocenters. The van der Waals surface area contributed by atoms with Crippen LogP contribution in [0.4, 0.5) is 16.0 Å². The van der Waals surface area contributed by atoms with E-state index in [0.29, 0.717) is 28.8 Å². The van der Waals surface area contributed by atoms with Crippen LogP contribution in [0.1, 0.15) is 36.2 Å². The smallest absolute Gasteiger partial charge is 0.251 e. The summed E-state index contributed by atoms with van der Waals surface area (Å²) in [5.74, 6) is -0.216. The van der Waals surface area contributed by atoms with Crippen LogP contribution in [0.2, 0.25) is 5.02 Å². The fraction of sp³-hybridized carbons (Fsp3) is 0.250. The number of nitrogens with zero attached hydrogens (tertiary/aromatic N) is 5. The monoisotopic (exact) mass is 480 g/mol. The molecule has 1 aliphatic carbocycles. The van der Waals surface area contributed by atoms with Crippen molar-refractivity contribution in [3.63, 3.8) is 0 Å². The standard InChI is InChI=1S/C24H22ClFN6O2/c1-14-21(12-28-32(14)17-3-4-17)30-24-27-8-6-20(29-24)15-7-9-31(23(34)11-15)22(13-33)16-2-5-18(25)19(26)10-16/h2,5-12,17,22,33H,3-4,13H2,1H3,(H,27,29,30)/t22-/m1/s1. The molecule has 0 spiro atoms. The van der Waals surface area contributed by atoms with Crippen LogP contribution in [0.15, 0.2) is 59.8 Å². The molecule has 8 nitrogen and oxygen atoms in total. The minimum absolute atomic E-state index is 0.0219. The van der Waals surface area contributed by atoms with Gasteiger partial charge in [-0.15, -0.1) is 0 Å². The SMILES string of the molecule is Cc1c(Nc2nccc(-c3ccn([C@H](CO)c4ccc(Cl)c(F)c4)c(=O)c3)n2)cnn1C1CC1. The summed E-state index contributed by atoms with van der Waals surface area (Å²) in [6, 6.07) is 8.80.